The van der Waals surface area contributed by atoms with Crippen molar-refractivity contribution in [1.29, 1.82) is 0 Å². The highest BCUT2D eigenvalue weighted by atomic mass is 35.5. The summed E-state index contributed by atoms with van der Waals surface area (Å²) in [4.78, 5) is 12.5. The fourth-order valence-electron chi connectivity index (χ4n) is 4.05. The van der Waals surface area contributed by atoms with Crippen molar-refractivity contribution in [1.82, 2.24) is 5.32 Å². The third-order valence-corrected chi connectivity index (χ3v) is 5.37. The SMILES string of the molecule is CCC(CNC(=O)C1C2CCC(C2)C1N)Oc1ccccc1F.Cl. The van der Waals surface area contributed by atoms with Crippen LogP contribution in [0.2, 0.25) is 0 Å². The lowest BCUT2D eigenvalue weighted by Crippen LogP contribution is -2.47. The van der Waals surface area contributed by atoms with Gasteiger partial charge in [-0.25, -0.2) is 4.39 Å². The minimum atomic E-state index is -0.382. The molecule has 0 aliphatic heterocycles. The minimum absolute atomic E-state index is 0. The second-order valence-electron chi connectivity index (χ2n) is 6.76. The molecule has 2 aliphatic rings. The number of rotatable bonds is 6. The van der Waals surface area contributed by atoms with Crippen molar-refractivity contribution in [2.45, 2.75) is 44.8 Å². The Morgan fingerprint density at radius 2 is 2.08 bits per heavy atom. The van der Waals surface area contributed by atoms with Crippen molar-refractivity contribution < 1.29 is 13.9 Å². The fourth-order valence-corrected chi connectivity index (χ4v) is 4.05. The number of hydrogen-bond acceptors (Lipinski definition) is 3. The van der Waals surface area contributed by atoms with Crippen molar-refractivity contribution in [2.24, 2.45) is 23.5 Å². The molecule has 2 bridgehead atoms. The summed E-state index contributed by atoms with van der Waals surface area (Å²) >= 11 is 0. The van der Waals surface area contributed by atoms with Gasteiger partial charge < -0.3 is 15.8 Å². The smallest absolute Gasteiger partial charge is 0.225 e. The average molecular weight is 357 g/mol. The van der Waals surface area contributed by atoms with Gasteiger partial charge in [0.1, 0.15) is 6.10 Å². The van der Waals surface area contributed by atoms with Crippen molar-refractivity contribution >= 4 is 18.3 Å². The van der Waals surface area contributed by atoms with E-state index in [1.54, 1.807) is 18.2 Å². The highest BCUT2D eigenvalue weighted by molar-refractivity contribution is 5.85. The molecule has 1 amide bonds. The van der Waals surface area contributed by atoms with E-state index in [-0.39, 0.29) is 47.9 Å². The van der Waals surface area contributed by atoms with E-state index in [0.717, 1.165) is 19.3 Å². The predicted octanol–water partition coefficient (Wildman–Crippen LogP) is 2.89. The summed E-state index contributed by atoms with van der Waals surface area (Å²) in [7, 11) is 0. The normalized spacial score (nSPS) is 29.0. The zero-order chi connectivity index (χ0) is 16.4. The molecule has 2 fully saturated rings. The number of nitrogens with one attached hydrogen (secondary N) is 1. The van der Waals surface area contributed by atoms with E-state index in [9.17, 15) is 9.18 Å². The number of ether oxygens (including phenoxy) is 1. The van der Waals surface area contributed by atoms with E-state index in [4.69, 9.17) is 10.5 Å². The van der Waals surface area contributed by atoms with Gasteiger partial charge in [-0.3, -0.25) is 4.79 Å². The van der Waals surface area contributed by atoms with Gasteiger partial charge in [-0.1, -0.05) is 19.1 Å². The predicted molar refractivity (Wildman–Crippen MR) is 93.7 cm³/mol. The topological polar surface area (TPSA) is 64.4 Å². The highest BCUT2D eigenvalue weighted by Gasteiger charge is 2.49. The number of para-hydroxylation sites is 1. The molecule has 0 radical (unpaired) electrons. The van der Waals surface area contributed by atoms with Gasteiger partial charge >= 0.3 is 0 Å². The Balaban J connectivity index is 0.00000208. The molecule has 1 aromatic carbocycles. The maximum atomic E-state index is 13.7. The van der Waals surface area contributed by atoms with Gasteiger partial charge in [0.05, 0.1) is 12.5 Å². The molecule has 3 rings (SSSR count). The van der Waals surface area contributed by atoms with Crippen LogP contribution >= 0.6 is 12.4 Å². The lowest BCUT2D eigenvalue weighted by Gasteiger charge is -2.28. The molecule has 4 nitrogen and oxygen atoms in total. The van der Waals surface area contributed by atoms with Crippen molar-refractivity contribution in [2.75, 3.05) is 6.54 Å². The van der Waals surface area contributed by atoms with Crippen LogP contribution in [-0.2, 0) is 4.79 Å². The van der Waals surface area contributed by atoms with Crippen LogP contribution in [0.5, 0.6) is 5.75 Å². The minimum Gasteiger partial charge on any atom is -0.486 e. The number of hydrogen-bond donors (Lipinski definition) is 2. The summed E-state index contributed by atoms with van der Waals surface area (Å²) in [6, 6.07) is 6.32. The van der Waals surface area contributed by atoms with E-state index < -0.39 is 0 Å². The number of halogens is 2. The molecular formula is C18H26ClFN2O2. The molecule has 0 aromatic heterocycles. The van der Waals surface area contributed by atoms with Gasteiger partial charge in [0.15, 0.2) is 11.6 Å². The largest absolute Gasteiger partial charge is 0.486 e. The lowest BCUT2D eigenvalue weighted by atomic mass is 9.84. The molecule has 6 heteroatoms. The van der Waals surface area contributed by atoms with Gasteiger partial charge in [-0.15, -0.1) is 12.4 Å². The molecule has 5 atom stereocenters. The quantitative estimate of drug-likeness (QED) is 0.823. The van der Waals surface area contributed by atoms with Crippen LogP contribution in [0.4, 0.5) is 4.39 Å². The number of carbonyl (C=O) groups excluding carboxylic acids is 1. The first-order chi connectivity index (χ1) is 11.1. The van der Waals surface area contributed by atoms with Gasteiger partial charge in [-0.2, -0.15) is 0 Å². The molecular weight excluding hydrogens is 331 g/mol. The molecule has 2 saturated carbocycles. The van der Waals surface area contributed by atoms with E-state index in [0.29, 0.717) is 24.8 Å². The average Bonchev–Trinajstić information content (AvgIpc) is 3.14. The highest BCUT2D eigenvalue weighted by Crippen LogP contribution is 2.47. The van der Waals surface area contributed by atoms with Crippen molar-refractivity contribution in [3.8, 4) is 5.75 Å². The molecule has 2 aliphatic carbocycles. The van der Waals surface area contributed by atoms with Crippen molar-refractivity contribution in [3.63, 3.8) is 0 Å². The number of amides is 1. The molecule has 5 unspecified atom stereocenters. The number of fused-ring (bicyclic) bond motifs is 2. The lowest BCUT2D eigenvalue weighted by molar-refractivity contribution is -0.127. The third-order valence-electron chi connectivity index (χ3n) is 5.37. The van der Waals surface area contributed by atoms with Gasteiger partial charge in [0.25, 0.3) is 0 Å². The Morgan fingerprint density at radius 3 is 2.71 bits per heavy atom. The van der Waals surface area contributed by atoms with Crippen LogP contribution in [0.1, 0.15) is 32.6 Å². The van der Waals surface area contributed by atoms with Gasteiger partial charge in [0, 0.05) is 6.04 Å². The summed E-state index contributed by atoms with van der Waals surface area (Å²) in [6.07, 6.45) is 3.80. The molecule has 0 heterocycles. The first-order valence-electron chi connectivity index (χ1n) is 8.54. The molecule has 0 saturated heterocycles. The zero-order valence-electron chi connectivity index (χ0n) is 13.9. The van der Waals surface area contributed by atoms with Crippen LogP contribution in [0.3, 0.4) is 0 Å². The first-order valence-corrected chi connectivity index (χ1v) is 8.54. The number of benzene rings is 1. The Morgan fingerprint density at radius 1 is 1.38 bits per heavy atom. The first kappa shape index (κ1) is 19.0. The fraction of sp³-hybridized carbons (Fsp3) is 0.611. The maximum absolute atomic E-state index is 13.7. The monoisotopic (exact) mass is 356 g/mol. The van der Waals surface area contributed by atoms with E-state index >= 15 is 0 Å². The van der Waals surface area contributed by atoms with Gasteiger partial charge in [0.2, 0.25) is 5.91 Å². The van der Waals surface area contributed by atoms with Gasteiger partial charge in [-0.05, 0) is 49.7 Å². The summed E-state index contributed by atoms with van der Waals surface area (Å²) in [5, 5.41) is 2.96. The van der Waals surface area contributed by atoms with E-state index in [2.05, 4.69) is 5.32 Å². The van der Waals surface area contributed by atoms with E-state index in [1.807, 2.05) is 6.92 Å². The van der Waals surface area contributed by atoms with Crippen LogP contribution in [0.15, 0.2) is 24.3 Å². The molecule has 1 aromatic rings. The Kier molecular flexibility index (Phi) is 6.47. The maximum Gasteiger partial charge on any atom is 0.225 e. The zero-order valence-corrected chi connectivity index (χ0v) is 14.7. The summed E-state index contributed by atoms with van der Waals surface area (Å²) in [5.74, 6) is 0.743. The molecule has 3 N–H and O–H groups in total. The second kappa shape index (κ2) is 8.17. The molecule has 0 spiro atoms. The standard InChI is InChI=1S/C18H25FN2O2.ClH/c1-2-13(23-15-6-4-3-5-14(15)19)10-21-18(22)16-11-7-8-12(9-11)17(16)20;/h3-6,11-13,16-17H,2,7-10,20H2,1H3,(H,21,22);1H. The van der Waals surface area contributed by atoms with Crippen molar-refractivity contribution in [3.05, 3.63) is 30.1 Å². The molecule has 24 heavy (non-hydrogen) atoms. The second-order valence-corrected chi connectivity index (χ2v) is 6.76. The number of carbonyl (C=O) groups is 1. The Hall–Kier alpha value is -1.33. The third kappa shape index (κ3) is 3.83. The molecule has 134 valence electrons. The summed E-state index contributed by atoms with van der Waals surface area (Å²) in [6.45, 7) is 2.34. The van der Waals surface area contributed by atoms with Crippen LogP contribution < -0.4 is 15.8 Å². The Labute approximate surface area is 148 Å². The Bertz CT molecular complexity index is 570. The van der Waals surface area contributed by atoms with Crippen LogP contribution in [-0.4, -0.2) is 24.6 Å². The number of nitrogens with two attached hydrogens (primary N) is 1. The summed E-state index contributed by atoms with van der Waals surface area (Å²) < 4.78 is 19.3. The summed E-state index contributed by atoms with van der Waals surface area (Å²) in [5.41, 5.74) is 6.21. The van der Waals surface area contributed by atoms with Crippen LogP contribution in [0.25, 0.3) is 0 Å². The van der Waals surface area contributed by atoms with E-state index in [1.165, 1.54) is 6.07 Å². The van der Waals surface area contributed by atoms with Crippen LogP contribution in [0, 0.1) is 23.6 Å².